The van der Waals surface area contributed by atoms with Gasteiger partial charge in [-0.1, -0.05) is 0 Å². The quantitative estimate of drug-likeness (QED) is 0.726. The van der Waals surface area contributed by atoms with Crippen molar-refractivity contribution in [1.82, 2.24) is 15.1 Å². The molecule has 2 fully saturated rings. The Morgan fingerprint density at radius 1 is 1.42 bits per heavy atom. The first-order chi connectivity index (χ1) is 9.19. The van der Waals surface area contributed by atoms with Crippen LogP contribution in [0, 0.1) is 0 Å². The van der Waals surface area contributed by atoms with Crippen molar-refractivity contribution in [3.63, 3.8) is 0 Å². The van der Waals surface area contributed by atoms with Gasteiger partial charge in [-0.2, -0.15) is 0 Å². The van der Waals surface area contributed by atoms with Crippen LogP contribution in [0.5, 0.6) is 0 Å². The normalized spacial score (nSPS) is 20.6. The molecule has 6 heteroatoms. The number of rotatable bonds is 6. The Morgan fingerprint density at radius 2 is 2.16 bits per heavy atom. The van der Waals surface area contributed by atoms with Gasteiger partial charge in [-0.05, 0) is 32.6 Å². The van der Waals surface area contributed by atoms with Crippen LogP contribution in [0.3, 0.4) is 0 Å². The lowest BCUT2D eigenvalue weighted by atomic mass is 10.2. The highest BCUT2D eigenvalue weighted by atomic mass is 16.5. The summed E-state index contributed by atoms with van der Waals surface area (Å²) < 4.78 is 10.5. The first kappa shape index (κ1) is 12.6. The summed E-state index contributed by atoms with van der Waals surface area (Å²) >= 11 is 0. The van der Waals surface area contributed by atoms with E-state index < -0.39 is 0 Å². The van der Waals surface area contributed by atoms with Gasteiger partial charge in [-0.3, -0.25) is 9.69 Å². The maximum atomic E-state index is 11.7. The average molecular weight is 265 g/mol. The van der Waals surface area contributed by atoms with Crippen molar-refractivity contribution in [2.24, 2.45) is 0 Å². The molecule has 0 radical (unpaired) electrons. The molecule has 1 atom stereocenters. The number of hydrogen-bond donors (Lipinski definition) is 0. The summed E-state index contributed by atoms with van der Waals surface area (Å²) in [6.45, 7) is 2.39. The van der Waals surface area contributed by atoms with Crippen LogP contribution in [-0.2, 0) is 16.1 Å². The largest absolute Gasteiger partial charge is 0.468 e. The van der Waals surface area contributed by atoms with E-state index in [-0.39, 0.29) is 12.0 Å². The van der Waals surface area contributed by atoms with E-state index in [0.29, 0.717) is 24.4 Å². The monoisotopic (exact) mass is 265 g/mol. The molecule has 0 bridgehead atoms. The molecule has 0 spiro atoms. The zero-order chi connectivity index (χ0) is 13.4. The van der Waals surface area contributed by atoms with Gasteiger partial charge in [0, 0.05) is 12.0 Å². The second-order valence-electron chi connectivity index (χ2n) is 5.41. The first-order valence-electron chi connectivity index (χ1n) is 6.85. The maximum absolute atomic E-state index is 11.7. The molecule has 0 N–H and O–H groups in total. The van der Waals surface area contributed by atoms with Crippen LogP contribution >= 0.6 is 0 Å². The van der Waals surface area contributed by atoms with Crippen LogP contribution in [0.4, 0.5) is 0 Å². The molecule has 104 valence electrons. The van der Waals surface area contributed by atoms with Crippen molar-refractivity contribution in [3.8, 4) is 0 Å². The number of carbonyl (C=O) groups excluding carboxylic acids is 1. The Hall–Kier alpha value is -1.43. The van der Waals surface area contributed by atoms with Gasteiger partial charge < -0.3 is 9.15 Å². The molecule has 1 aromatic heterocycles. The number of esters is 1. The second kappa shape index (κ2) is 4.92. The summed E-state index contributed by atoms with van der Waals surface area (Å²) in [7, 11) is 1.42. The van der Waals surface area contributed by atoms with E-state index in [4.69, 9.17) is 9.15 Å². The van der Waals surface area contributed by atoms with E-state index in [1.54, 1.807) is 0 Å². The molecule has 0 aliphatic heterocycles. The Kier molecular flexibility index (Phi) is 3.26. The fourth-order valence-corrected chi connectivity index (χ4v) is 2.28. The van der Waals surface area contributed by atoms with E-state index in [2.05, 4.69) is 15.1 Å². The molecular formula is C13H19N3O3. The van der Waals surface area contributed by atoms with Crippen LogP contribution in [0.15, 0.2) is 4.42 Å². The lowest BCUT2D eigenvalue weighted by Gasteiger charge is -2.25. The molecule has 3 rings (SSSR count). The maximum Gasteiger partial charge on any atom is 0.322 e. The van der Waals surface area contributed by atoms with Gasteiger partial charge in [-0.25, -0.2) is 0 Å². The molecular weight excluding hydrogens is 246 g/mol. The molecule has 0 unspecified atom stereocenters. The van der Waals surface area contributed by atoms with Crippen molar-refractivity contribution >= 4 is 5.97 Å². The summed E-state index contributed by atoms with van der Waals surface area (Å²) in [4.78, 5) is 13.8. The molecule has 2 saturated carbocycles. The van der Waals surface area contributed by atoms with Crippen molar-refractivity contribution in [2.45, 2.75) is 57.2 Å². The summed E-state index contributed by atoms with van der Waals surface area (Å²) in [5.41, 5.74) is 0. The van der Waals surface area contributed by atoms with Gasteiger partial charge in [0.15, 0.2) is 0 Å². The Morgan fingerprint density at radius 3 is 2.74 bits per heavy atom. The van der Waals surface area contributed by atoms with Crippen molar-refractivity contribution in [1.29, 1.82) is 0 Å². The predicted octanol–water partition coefficient (Wildman–Crippen LogP) is 1.47. The van der Waals surface area contributed by atoms with Gasteiger partial charge in [0.1, 0.15) is 6.04 Å². The molecule has 6 nitrogen and oxygen atoms in total. The zero-order valence-corrected chi connectivity index (χ0v) is 11.3. The zero-order valence-electron chi connectivity index (χ0n) is 11.3. The average Bonchev–Trinajstić information content (AvgIpc) is 3.33. The number of hydrogen-bond acceptors (Lipinski definition) is 6. The first-order valence-corrected chi connectivity index (χ1v) is 6.85. The third-order valence-corrected chi connectivity index (χ3v) is 3.78. The second-order valence-corrected chi connectivity index (χ2v) is 5.41. The van der Waals surface area contributed by atoms with Crippen LogP contribution in [0.1, 0.15) is 50.3 Å². The summed E-state index contributed by atoms with van der Waals surface area (Å²) in [6.07, 6.45) is 4.52. The van der Waals surface area contributed by atoms with Crippen LogP contribution in [0.25, 0.3) is 0 Å². The standard InChI is InChI=1S/C13H19N3O3/c1-8(13(17)18-2)16(10-5-6-10)7-11-14-15-12(19-11)9-3-4-9/h8-10H,3-7H2,1-2H3/t8-/m1/s1. The molecule has 1 heterocycles. The number of aromatic nitrogens is 2. The summed E-state index contributed by atoms with van der Waals surface area (Å²) in [5.74, 6) is 1.60. The highest BCUT2D eigenvalue weighted by Gasteiger charge is 2.37. The Bertz CT molecular complexity index is 465. The van der Waals surface area contributed by atoms with E-state index in [0.717, 1.165) is 31.6 Å². The van der Waals surface area contributed by atoms with Crippen molar-refractivity contribution in [3.05, 3.63) is 11.8 Å². The fourth-order valence-electron chi connectivity index (χ4n) is 2.28. The van der Waals surface area contributed by atoms with E-state index >= 15 is 0 Å². The Labute approximate surface area is 112 Å². The number of carbonyl (C=O) groups is 1. The van der Waals surface area contributed by atoms with Crippen LogP contribution in [-0.4, -0.2) is 40.3 Å². The fraction of sp³-hybridized carbons (Fsp3) is 0.769. The molecule has 0 aromatic carbocycles. The van der Waals surface area contributed by atoms with Gasteiger partial charge in [-0.15, -0.1) is 10.2 Å². The van der Waals surface area contributed by atoms with Gasteiger partial charge in [0.2, 0.25) is 11.8 Å². The third kappa shape index (κ3) is 2.78. The lowest BCUT2D eigenvalue weighted by molar-refractivity contribution is -0.146. The van der Waals surface area contributed by atoms with Crippen molar-refractivity contribution in [2.75, 3.05) is 7.11 Å². The third-order valence-electron chi connectivity index (χ3n) is 3.78. The minimum atomic E-state index is -0.270. The number of nitrogens with zero attached hydrogens (tertiary/aromatic N) is 3. The molecule has 1 aromatic rings. The summed E-state index contributed by atoms with van der Waals surface area (Å²) in [6, 6.07) is 0.166. The van der Waals surface area contributed by atoms with E-state index in [9.17, 15) is 4.79 Å². The minimum absolute atomic E-state index is 0.214. The predicted molar refractivity (Wildman–Crippen MR) is 66.3 cm³/mol. The lowest BCUT2D eigenvalue weighted by Crippen LogP contribution is -2.40. The summed E-state index contributed by atoms with van der Waals surface area (Å²) in [5, 5.41) is 8.16. The molecule has 2 aliphatic carbocycles. The number of ether oxygens (including phenoxy) is 1. The van der Waals surface area contributed by atoms with E-state index in [1.165, 1.54) is 7.11 Å². The van der Waals surface area contributed by atoms with Crippen LogP contribution < -0.4 is 0 Å². The van der Waals surface area contributed by atoms with Crippen LogP contribution in [0.2, 0.25) is 0 Å². The molecule has 2 aliphatic rings. The van der Waals surface area contributed by atoms with Gasteiger partial charge in [0.25, 0.3) is 0 Å². The van der Waals surface area contributed by atoms with Gasteiger partial charge in [0.05, 0.1) is 13.7 Å². The minimum Gasteiger partial charge on any atom is -0.468 e. The molecule has 0 saturated heterocycles. The SMILES string of the molecule is COC(=O)[C@@H](C)N(Cc1nnc(C2CC2)o1)C1CC1. The topological polar surface area (TPSA) is 68.5 Å². The number of methoxy groups -OCH3 is 1. The van der Waals surface area contributed by atoms with Crippen molar-refractivity contribution < 1.29 is 13.9 Å². The van der Waals surface area contributed by atoms with Gasteiger partial charge >= 0.3 is 5.97 Å². The molecule has 0 amide bonds. The highest BCUT2D eigenvalue weighted by molar-refractivity contribution is 5.75. The smallest absolute Gasteiger partial charge is 0.322 e. The molecule has 19 heavy (non-hydrogen) atoms. The van der Waals surface area contributed by atoms with E-state index in [1.807, 2.05) is 6.92 Å². The Balaban J connectivity index is 1.67. The highest BCUT2D eigenvalue weighted by Crippen LogP contribution is 2.39.